The lowest BCUT2D eigenvalue weighted by Gasteiger charge is -1.80. The first-order chi connectivity index (χ1) is 4.47. The molecule has 0 saturated carbocycles. The molecule has 8 heteroatoms. The maximum Gasteiger partial charge on any atom is 0.456 e. The van der Waals surface area contributed by atoms with E-state index in [2.05, 4.69) is 9.92 Å². The van der Waals surface area contributed by atoms with E-state index in [9.17, 15) is 8.42 Å². The van der Waals surface area contributed by atoms with E-state index in [1.807, 2.05) is 0 Å². The fraction of sp³-hybridized carbons (Fsp3) is 0. The highest BCUT2D eigenvalue weighted by Gasteiger charge is 1.99. The van der Waals surface area contributed by atoms with Gasteiger partial charge in [-0.05, 0) is 0 Å². The quantitative estimate of drug-likeness (QED) is 0.195. The van der Waals surface area contributed by atoms with Crippen molar-refractivity contribution >= 4 is 16.7 Å². The Morgan fingerprint density at radius 2 is 2.10 bits per heavy atom. The van der Waals surface area contributed by atoms with Crippen LogP contribution in [0, 0.1) is 16.9 Å². The van der Waals surface area contributed by atoms with Crippen LogP contribution in [0.1, 0.15) is 0 Å². The van der Waals surface area contributed by atoms with Gasteiger partial charge in [0.15, 0.2) is 0 Å². The van der Waals surface area contributed by atoms with E-state index in [4.69, 9.17) is 15.2 Å². The number of rotatable bonds is 1. The summed E-state index contributed by atoms with van der Waals surface area (Å²) in [6.07, 6.45) is 1.52. The number of nitrogens with two attached hydrogens (primary N) is 1. The summed E-state index contributed by atoms with van der Waals surface area (Å²) in [6.45, 7) is 0. The van der Waals surface area contributed by atoms with E-state index in [-0.39, 0.29) is 0 Å². The minimum atomic E-state index is -4.54. The van der Waals surface area contributed by atoms with E-state index >= 15 is 0 Å². The molecule has 58 valence electrons. The summed E-state index contributed by atoms with van der Waals surface area (Å²) in [4.78, 5) is 0. The Bertz CT molecular complexity index is 213. The van der Waals surface area contributed by atoms with Crippen LogP contribution >= 0.6 is 0 Å². The fourth-order valence-corrected chi connectivity index (χ4v) is 0.141. The van der Waals surface area contributed by atoms with Crippen molar-refractivity contribution in [1.82, 2.24) is 0 Å². The molecule has 0 rings (SSSR count). The maximum atomic E-state index is 9.34. The second-order valence-electron chi connectivity index (χ2n) is 0.769. The molecule has 0 aromatic rings. The molecule has 0 spiro atoms. The van der Waals surface area contributed by atoms with Gasteiger partial charge in [-0.1, -0.05) is 0 Å². The molecular weight excluding hydrogens is 162 g/mol. The molecule has 0 saturated heterocycles. The van der Waals surface area contributed by atoms with Crippen LogP contribution in [0.25, 0.3) is 0 Å². The summed E-state index contributed by atoms with van der Waals surface area (Å²) in [5.74, 6) is 0. The molecule has 0 fully saturated rings. The molecule has 0 aliphatic rings. The standard InChI is InChI=1S/CH4N2.CHNO4S/c2-1-3;2-1-6-7(3,4)5/h1H,(H3,2,3);(H,3,4,5). The molecular formula is C2H5N3O4S. The molecule has 0 aliphatic carbocycles. The van der Waals surface area contributed by atoms with Crippen molar-refractivity contribution in [3.63, 3.8) is 0 Å². The summed E-state index contributed by atoms with van der Waals surface area (Å²) < 4.78 is 29.3. The average Bonchev–Trinajstić information content (AvgIpc) is 1.63. The van der Waals surface area contributed by atoms with E-state index in [0.717, 1.165) is 12.6 Å². The predicted octanol–water partition coefficient (Wildman–Crippen LogP) is -1.16. The maximum absolute atomic E-state index is 9.34. The van der Waals surface area contributed by atoms with Gasteiger partial charge in [-0.15, -0.1) is 5.26 Å². The number of hydrogen-bond donors (Lipinski definition) is 3. The van der Waals surface area contributed by atoms with Crippen molar-refractivity contribution in [2.24, 2.45) is 5.73 Å². The van der Waals surface area contributed by atoms with Crippen LogP contribution < -0.4 is 5.73 Å². The minimum absolute atomic E-state index is 0.750. The number of nitriles is 1. The molecule has 0 aromatic carbocycles. The number of nitrogens with zero attached hydrogens (tertiary/aromatic N) is 1. The molecule has 0 unspecified atom stereocenters. The topological polar surface area (TPSA) is 137 Å². The largest absolute Gasteiger partial charge is 0.456 e. The second kappa shape index (κ2) is 5.80. The zero-order valence-corrected chi connectivity index (χ0v) is 5.50. The molecule has 7 nitrogen and oxygen atoms in total. The van der Waals surface area contributed by atoms with Crippen molar-refractivity contribution in [2.45, 2.75) is 0 Å². The summed E-state index contributed by atoms with van der Waals surface area (Å²) in [5.41, 5.74) is 4.39. The predicted molar refractivity (Wildman–Crippen MR) is 31.2 cm³/mol. The zero-order chi connectivity index (χ0) is 8.62. The molecule has 0 bridgehead atoms. The van der Waals surface area contributed by atoms with Crippen LogP contribution in [0.5, 0.6) is 0 Å². The van der Waals surface area contributed by atoms with E-state index in [1.54, 1.807) is 0 Å². The Morgan fingerprint density at radius 1 is 1.80 bits per heavy atom. The van der Waals surface area contributed by atoms with Gasteiger partial charge >= 0.3 is 16.7 Å². The highest BCUT2D eigenvalue weighted by molar-refractivity contribution is 7.81. The van der Waals surface area contributed by atoms with Gasteiger partial charge in [-0.2, -0.15) is 8.42 Å². The lowest BCUT2D eigenvalue weighted by atomic mass is 11.4. The van der Waals surface area contributed by atoms with Gasteiger partial charge in [-0.25, -0.2) is 0 Å². The normalized spacial score (nSPS) is 8.00. The van der Waals surface area contributed by atoms with Gasteiger partial charge < -0.3 is 5.73 Å². The third kappa shape index (κ3) is 30.1. The molecule has 0 radical (unpaired) electrons. The van der Waals surface area contributed by atoms with Crippen LogP contribution in [0.4, 0.5) is 0 Å². The van der Waals surface area contributed by atoms with Crippen molar-refractivity contribution in [1.29, 1.82) is 10.7 Å². The highest BCUT2D eigenvalue weighted by atomic mass is 32.3. The first-order valence-electron chi connectivity index (χ1n) is 1.73. The Hall–Kier alpha value is -1.33. The van der Waals surface area contributed by atoms with Gasteiger partial charge in [0.2, 0.25) is 0 Å². The van der Waals surface area contributed by atoms with Gasteiger partial charge in [-0.3, -0.25) is 14.1 Å². The van der Waals surface area contributed by atoms with Crippen LogP contribution in [0.3, 0.4) is 0 Å². The van der Waals surface area contributed by atoms with Crippen molar-refractivity contribution < 1.29 is 17.2 Å². The molecule has 4 N–H and O–H groups in total. The van der Waals surface area contributed by atoms with E-state index in [0.29, 0.717) is 0 Å². The average molecular weight is 167 g/mol. The Labute approximate surface area is 57.5 Å². The third-order valence-electron chi connectivity index (χ3n) is 0.143. The SMILES string of the molecule is N#COS(=O)(=O)O.N=CN. The molecule has 0 amide bonds. The molecule has 0 aliphatic heterocycles. The number of nitrogens with one attached hydrogen (secondary N) is 1. The van der Waals surface area contributed by atoms with Crippen LogP contribution in [0.2, 0.25) is 0 Å². The first-order valence-corrected chi connectivity index (χ1v) is 3.10. The summed E-state index contributed by atoms with van der Waals surface area (Å²) >= 11 is 0. The second-order valence-corrected chi connectivity index (χ2v) is 1.79. The van der Waals surface area contributed by atoms with E-state index < -0.39 is 10.4 Å². The van der Waals surface area contributed by atoms with Crippen LogP contribution in [0.15, 0.2) is 0 Å². The van der Waals surface area contributed by atoms with Crippen LogP contribution in [-0.4, -0.2) is 19.3 Å². The van der Waals surface area contributed by atoms with Crippen molar-refractivity contribution in [2.75, 3.05) is 0 Å². The lowest BCUT2D eigenvalue weighted by Crippen LogP contribution is -1.96. The van der Waals surface area contributed by atoms with Gasteiger partial charge in [0.05, 0.1) is 6.34 Å². The van der Waals surface area contributed by atoms with Gasteiger partial charge in [0.25, 0.3) is 0 Å². The molecule has 0 aromatic heterocycles. The van der Waals surface area contributed by atoms with Crippen molar-refractivity contribution in [3.05, 3.63) is 0 Å². The Kier molecular flexibility index (Phi) is 6.65. The van der Waals surface area contributed by atoms with Crippen molar-refractivity contribution in [3.8, 4) is 6.26 Å². The summed E-state index contributed by atoms with van der Waals surface area (Å²) in [6, 6.07) is 0. The lowest BCUT2D eigenvalue weighted by molar-refractivity contribution is 0.367. The van der Waals surface area contributed by atoms with Gasteiger partial charge in [0, 0.05) is 0 Å². The third-order valence-corrected chi connectivity index (χ3v) is 0.428. The Balaban J connectivity index is 0. The zero-order valence-electron chi connectivity index (χ0n) is 4.68. The van der Waals surface area contributed by atoms with Crippen LogP contribution in [-0.2, 0) is 14.6 Å². The molecule has 10 heavy (non-hydrogen) atoms. The minimum Gasteiger partial charge on any atom is -0.390 e. The molecule has 0 atom stereocenters. The smallest absolute Gasteiger partial charge is 0.390 e. The highest BCUT2D eigenvalue weighted by Crippen LogP contribution is 1.78. The first kappa shape index (κ1) is 11.5. The van der Waals surface area contributed by atoms with E-state index in [1.165, 1.54) is 0 Å². The number of hydrogen-bond acceptors (Lipinski definition) is 5. The Morgan fingerprint density at radius 3 is 2.10 bits per heavy atom. The van der Waals surface area contributed by atoms with Gasteiger partial charge in [0.1, 0.15) is 0 Å². The molecule has 0 heterocycles. The summed E-state index contributed by atoms with van der Waals surface area (Å²) in [5, 5.41) is 13.3. The summed E-state index contributed by atoms with van der Waals surface area (Å²) in [7, 11) is -4.54. The fourth-order valence-electron chi connectivity index (χ4n) is 0.0471. The monoisotopic (exact) mass is 167 g/mol.